The van der Waals surface area contributed by atoms with Crippen molar-refractivity contribution in [3.8, 4) is 17.6 Å². The minimum atomic E-state index is -0.0884. The molecule has 0 aliphatic heterocycles. The number of ketones is 1. The summed E-state index contributed by atoms with van der Waals surface area (Å²) in [7, 11) is 0. The zero-order valence-electron chi connectivity index (χ0n) is 12.4. The van der Waals surface area contributed by atoms with Crippen molar-refractivity contribution < 1.29 is 9.53 Å². The molecule has 0 fully saturated rings. The molecule has 0 unspecified atom stereocenters. The van der Waals surface area contributed by atoms with Crippen LogP contribution in [0.5, 0.6) is 11.5 Å². The fourth-order valence-electron chi connectivity index (χ4n) is 2.03. The molecule has 0 aliphatic rings. The average Bonchev–Trinajstić information content (AvgIpc) is 2.47. The van der Waals surface area contributed by atoms with Crippen LogP contribution in [0.2, 0.25) is 0 Å². The Labute approximate surface area is 124 Å². The van der Waals surface area contributed by atoms with Gasteiger partial charge in [-0.2, -0.15) is 5.26 Å². The summed E-state index contributed by atoms with van der Waals surface area (Å²) in [5.41, 5.74) is 2.10. The summed E-state index contributed by atoms with van der Waals surface area (Å²) >= 11 is 0. The average molecular weight is 279 g/mol. The lowest BCUT2D eigenvalue weighted by molar-refractivity contribution is 0.101. The van der Waals surface area contributed by atoms with Gasteiger partial charge in [-0.25, -0.2) is 0 Å². The molecule has 0 aliphatic carbocycles. The van der Waals surface area contributed by atoms with Crippen LogP contribution in [0, 0.1) is 11.3 Å². The maximum absolute atomic E-state index is 11.7. The van der Waals surface area contributed by atoms with E-state index in [1.165, 1.54) is 6.92 Å². The van der Waals surface area contributed by atoms with Gasteiger partial charge in [0.1, 0.15) is 11.5 Å². The Bertz CT molecular complexity index is 711. The van der Waals surface area contributed by atoms with Crippen LogP contribution < -0.4 is 4.74 Å². The molecule has 0 spiro atoms. The van der Waals surface area contributed by atoms with Crippen LogP contribution in [0.3, 0.4) is 0 Å². The molecular weight excluding hydrogens is 262 g/mol. The lowest BCUT2D eigenvalue weighted by Gasteiger charge is -2.12. The predicted octanol–water partition coefficient (Wildman–Crippen LogP) is 4.68. The van der Waals surface area contributed by atoms with Crippen molar-refractivity contribution in [1.29, 1.82) is 5.26 Å². The summed E-state index contributed by atoms with van der Waals surface area (Å²) < 4.78 is 5.83. The van der Waals surface area contributed by atoms with Crippen LogP contribution in [-0.4, -0.2) is 5.78 Å². The van der Waals surface area contributed by atoms with Gasteiger partial charge in [-0.3, -0.25) is 4.79 Å². The van der Waals surface area contributed by atoms with Gasteiger partial charge in [0.05, 0.1) is 17.2 Å². The second kappa shape index (κ2) is 6.23. The molecule has 0 amide bonds. The molecule has 0 saturated heterocycles. The Morgan fingerprint density at radius 1 is 1.19 bits per heavy atom. The highest BCUT2D eigenvalue weighted by molar-refractivity contribution is 5.97. The molecule has 0 saturated carbocycles. The number of benzene rings is 2. The molecule has 0 radical (unpaired) electrons. The zero-order valence-corrected chi connectivity index (χ0v) is 12.4. The van der Waals surface area contributed by atoms with Gasteiger partial charge >= 0.3 is 0 Å². The summed E-state index contributed by atoms with van der Waals surface area (Å²) in [5.74, 6) is 1.39. The molecule has 0 bridgehead atoms. The number of hydrogen-bond donors (Lipinski definition) is 0. The zero-order chi connectivity index (χ0) is 15.4. The molecule has 2 rings (SSSR count). The Morgan fingerprint density at radius 3 is 2.57 bits per heavy atom. The predicted molar refractivity (Wildman–Crippen MR) is 81.8 cm³/mol. The summed E-state index contributed by atoms with van der Waals surface area (Å²) in [5, 5.41) is 8.98. The van der Waals surface area contributed by atoms with Crippen molar-refractivity contribution in [3.05, 3.63) is 59.2 Å². The van der Waals surface area contributed by atoms with Crippen LogP contribution in [0.25, 0.3) is 0 Å². The fraction of sp³-hybridized carbons (Fsp3) is 0.222. The van der Waals surface area contributed by atoms with Crippen LogP contribution in [0.4, 0.5) is 0 Å². The second-order valence-corrected chi connectivity index (χ2v) is 5.21. The van der Waals surface area contributed by atoms with E-state index in [4.69, 9.17) is 10.00 Å². The van der Waals surface area contributed by atoms with Crippen LogP contribution in [0.1, 0.15) is 48.2 Å². The van der Waals surface area contributed by atoms with Crippen molar-refractivity contribution >= 4 is 5.78 Å². The summed E-state index contributed by atoms with van der Waals surface area (Å²) in [6.45, 7) is 5.70. The minimum absolute atomic E-state index is 0.0884. The third kappa shape index (κ3) is 3.49. The maximum atomic E-state index is 11.7. The standard InChI is InChI=1S/C18H17NO2/c1-12(2)15-5-4-6-16(10-15)21-18-9-14(11-19)7-8-17(18)13(3)20/h4-10,12H,1-3H3. The van der Waals surface area contributed by atoms with Gasteiger partial charge in [0.15, 0.2) is 5.78 Å². The van der Waals surface area contributed by atoms with E-state index in [0.717, 1.165) is 5.56 Å². The third-order valence-electron chi connectivity index (χ3n) is 3.24. The lowest BCUT2D eigenvalue weighted by Crippen LogP contribution is -1.98. The number of Topliss-reactive ketones (excluding diaryl/α,β-unsaturated/α-hetero) is 1. The SMILES string of the molecule is CC(=O)c1ccc(C#N)cc1Oc1cccc(C(C)C)c1. The van der Waals surface area contributed by atoms with Gasteiger partial charge in [0.25, 0.3) is 0 Å². The normalized spacial score (nSPS) is 10.2. The lowest BCUT2D eigenvalue weighted by atomic mass is 10.0. The van der Waals surface area contributed by atoms with E-state index >= 15 is 0 Å². The second-order valence-electron chi connectivity index (χ2n) is 5.21. The summed E-state index contributed by atoms with van der Waals surface area (Å²) in [6, 6.07) is 14.7. The van der Waals surface area contributed by atoms with E-state index in [1.807, 2.05) is 24.3 Å². The maximum Gasteiger partial charge on any atom is 0.163 e. The first-order valence-corrected chi connectivity index (χ1v) is 6.84. The van der Waals surface area contributed by atoms with Crippen LogP contribution in [-0.2, 0) is 0 Å². The molecule has 0 N–H and O–H groups in total. The van der Waals surface area contributed by atoms with E-state index in [1.54, 1.807) is 18.2 Å². The molecule has 0 aromatic heterocycles. The summed E-state index contributed by atoms with van der Waals surface area (Å²) in [6.07, 6.45) is 0. The summed E-state index contributed by atoms with van der Waals surface area (Å²) in [4.78, 5) is 11.7. The fourth-order valence-corrected chi connectivity index (χ4v) is 2.03. The highest BCUT2D eigenvalue weighted by Gasteiger charge is 2.11. The first-order chi connectivity index (χ1) is 10.0. The van der Waals surface area contributed by atoms with Crippen LogP contribution in [0.15, 0.2) is 42.5 Å². The van der Waals surface area contributed by atoms with Crippen molar-refractivity contribution in [3.63, 3.8) is 0 Å². The van der Waals surface area contributed by atoms with Crippen LogP contribution >= 0.6 is 0 Å². The number of ether oxygens (including phenoxy) is 1. The Hall–Kier alpha value is -2.60. The topological polar surface area (TPSA) is 50.1 Å². The number of carbonyl (C=O) groups excluding carboxylic acids is 1. The van der Waals surface area contributed by atoms with Crippen molar-refractivity contribution in [2.75, 3.05) is 0 Å². The molecule has 0 heterocycles. The smallest absolute Gasteiger partial charge is 0.163 e. The highest BCUT2D eigenvalue weighted by Crippen LogP contribution is 2.29. The Kier molecular flexibility index (Phi) is 4.39. The van der Waals surface area contributed by atoms with Gasteiger partial charge < -0.3 is 4.74 Å². The van der Waals surface area contributed by atoms with E-state index in [0.29, 0.717) is 28.5 Å². The first kappa shape index (κ1) is 14.8. The van der Waals surface area contributed by atoms with Crippen molar-refractivity contribution in [2.45, 2.75) is 26.7 Å². The number of nitriles is 1. The largest absolute Gasteiger partial charge is 0.457 e. The molecular formula is C18H17NO2. The van der Waals surface area contributed by atoms with Gasteiger partial charge in [0, 0.05) is 0 Å². The molecule has 3 heteroatoms. The number of hydrogen-bond acceptors (Lipinski definition) is 3. The minimum Gasteiger partial charge on any atom is -0.457 e. The highest BCUT2D eigenvalue weighted by atomic mass is 16.5. The van der Waals surface area contributed by atoms with Crippen molar-refractivity contribution in [1.82, 2.24) is 0 Å². The molecule has 2 aromatic carbocycles. The molecule has 0 atom stereocenters. The Balaban J connectivity index is 2.41. The first-order valence-electron chi connectivity index (χ1n) is 6.84. The van der Waals surface area contributed by atoms with Crippen molar-refractivity contribution in [2.24, 2.45) is 0 Å². The third-order valence-corrected chi connectivity index (χ3v) is 3.24. The van der Waals surface area contributed by atoms with Gasteiger partial charge in [-0.15, -0.1) is 0 Å². The van der Waals surface area contributed by atoms with E-state index in [2.05, 4.69) is 19.9 Å². The van der Waals surface area contributed by atoms with Gasteiger partial charge in [-0.1, -0.05) is 26.0 Å². The quantitative estimate of drug-likeness (QED) is 0.764. The monoisotopic (exact) mass is 279 g/mol. The molecule has 3 nitrogen and oxygen atoms in total. The molecule has 106 valence electrons. The van der Waals surface area contributed by atoms with Gasteiger partial charge in [0.2, 0.25) is 0 Å². The van der Waals surface area contributed by atoms with E-state index < -0.39 is 0 Å². The van der Waals surface area contributed by atoms with E-state index in [9.17, 15) is 4.79 Å². The number of carbonyl (C=O) groups is 1. The molecule has 21 heavy (non-hydrogen) atoms. The Morgan fingerprint density at radius 2 is 1.95 bits per heavy atom. The number of nitrogens with zero attached hydrogens (tertiary/aromatic N) is 1. The number of rotatable bonds is 4. The molecule has 2 aromatic rings. The van der Waals surface area contributed by atoms with E-state index in [-0.39, 0.29) is 5.78 Å². The van der Waals surface area contributed by atoms with Gasteiger partial charge in [-0.05, 0) is 48.7 Å².